The van der Waals surface area contributed by atoms with Gasteiger partial charge in [0.1, 0.15) is 5.76 Å². The standard InChI is InChI=1S/C20H19ClN2O4/c1-13-9-18(14(2)23(13)11-17-7-4-8-26-17)20(25)27-12-19(24)22-16-6-3-5-15(21)10-16/h3-10H,11-12H2,1-2H3,(H,22,24). The molecule has 3 rings (SSSR count). The van der Waals surface area contributed by atoms with Crippen molar-refractivity contribution in [3.8, 4) is 0 Å². The van der Waals surface area contributed by atoms with Crippen LogP contribution in [0.3, 0.4) is 0 Å². The zero-order valence-corrected chi connectivity index (χ0v) is 15.7. The second kappa shape index (κ2) is 8.14. The number of nitrogens with one attached hydrogen (secondary N) is 1. The zero-order chi connectivity index (χ0) is 19.4. The van der Waals surface area contributed by atoms with Gasteiger partial charge in [-0.2, -0.15) is 0 Å². The molecule has 0 aliphatic carbocycles. The lowest BCUT2D eigenvalue weighted by Crippen LogP contribution is -2.21. The summed E-state index contributed by atoms with van der Waals surface area (Å²) in [6.07, 6.45) is 1.61. The summed E-state index contributed by atoms with van der Waals surface area (Å²) in [6.45, 7) is 3.87. The Balaban J connectivity index is 1.62. The minimum atomic E-state index is -0.546. The monoisotopic (exact) mass is 386 g/mol. The summed E-state index contributed by atoms with van der Waals surface area (Å²) in [7, 11) is 0. The highest BCUT2D eigenvalue weighted by molar-refractivity contribution is 6.30. The van der Waals surface area contributed by atoms with Crippen LogP contribution in [0.5, 0.6) is 0 Å². The number of carbonyl (C=O) groups excluding carboxylic acids is 2. The maximum absolute atomic E-state index is 12.4. The number of hydrogen-bond donors (Lipinski definition) is 1. The number of benzene rings is 1. The Morgan fingerprint density at radius 2 is 2.00 bits per heavy atom. The first kappa shape index (κ1) is 18.8. The number of esters is 1. The topological polar surface area (TPSA) is 73.5 Å². The van der Waals surface area contributed by atoms with Crippen LogP contribution < -0.4 is 5.32 Å². The molecule has 0 bridgehead atoms. The van der Waals surface area contributed by atoms with Gasteiger partial charge in [-0.1, -0.05) is 17.7 Å². The van der Waals surface area contributed by atoms with Gasteiger partial charge in [0.25, 0.3) is 5.91 Å². The van der Waals surface area contributed by atoms with E-state index in [0.29, 0.717) is 22.8 Å². The van der Waals surface area contributed by atoms with Crippen LogP contribution >= 0.6 is 11.6 Å². The van der Waals surface area contributed by atoms with Crippen LogP contribution in [-0.4, -0.2) is 23.1 Å². The van der Waals surface area contributed by atoms with Crippen molar-refractivity contribution in [3.05, 3.63) is 76.5 Å². The first-order valence-electron chi connectivity index (χ1n) is 8.35. The van der Waals surface area contributed by atoms with Crippen molar-refractivity contribution in [2.45, 2.75) is 20.4 Å². The maximum atomic E-state index is 12.4. The highest BCUT2D eigenvalue weighted by Crippen LogP contribution is 2.19. The summed E-state index contributed by atoms with van der Waals surface area (Å²) >= 11 is 5.88. The summed E-state index contributed by atoms with van der Waals surface area (Å²) in [6, 6.07) is 12.2. The molecule has 0 aliphatic heterocycles. The molecular formula is C20H19ClN2O4. The van der Waals surface area contributed by atoms with E-state index in [9.17, 15) is 9.59 Å². The predicted octanol–water partition coefficient (Wildman–Crippen LogP) is 4.20. The van der Waals surface area contributed by atoms with Gasteiger partial charge in [0.2, 0.25) is 0 Å². The lowest BCUT2D eigenvalue weighted by molar-refractivity contribution is -0.119. The SMILES string of the molecule is Cc1cc(C(=O)OCC(=O)Nc2cccc(Cl)c2)c(C)n1Cc1ccco1. The first-order chi connectivity index (χ1) is 12.9. The van der Waals surface area contributed by atoms with Crippen LogP contribution in [0.4, 0.5) is 5.69 Å². The number of carbonyl (C=O) groups is 2. The van der Waals surface area contributed by atoms with E-state index >= 15 is 0 Å². The Morgan fingerprint density at radius 3 is 2.70 bits per heavy atom. The van der Waals surface area contributed by atoms with E-state index in [-0.39, 0.29) is 6.61 Å². The fourth-order valence-corrected chi connectivity index (χ4v) is 2.97. The molecule has 0 saturated carbocycles. The van der Waals surface area contributed by atoms with Gasteiger partial charge in [-0.05, 0) is 50.2 Å². The molecule has 0 atom stereocenters. The van der Waals surface area contributed by atoms with Crippen molar-refractivity contribution >= 4 is 29.2 Å². The van der Waals surface area contributed by atoms with Gasteiger partial charge in [0.15, 0.2) is 6.61 Å². The number of nitrogens with zero attached hydrogens (tertiary/aromatic N) is 1. The minimum Gasteiger partial charge on any atom is -0.467 e. The lowest BCUT2D eigenvalue weighted by atomic mass is 10.2. The summed E-state index contributed by atoms with van der Waals surface area (Å²) in [5.74, 6) is -0.192. The van der Waals surface area contributed by atoms with Crippen LogP contribution in [0.25, 0.3) is 0 Å². The third-order valence-electron chi connectivity index (χ3n) is 4.13. The number of ether oxygens (including phenoxy) is 1. The molecule has 0 spiro atoms. The Bertz CT molecular complexity index is 961. The second-order valence-corrected chi connectivity index (χ2v) is 6.52. The highest BCUT2D eigenvalue weighted by Gasteiger charge is 2.18. The molecule has 1 amide bonds. The largest absolute Gasteiger partial charge is 0.467 e. The molecule has 1 N–H and O–H groups in total. The summed E-state index contributed by atoms with van der Waals surface area (Å²) < 4.78 is 12.5. The number of aryl methyl sites for hydroxylation is 1. The van der Waals surface area contributed by atoms with Crippen molar-refractivity contribution < 1.29 is 18.7 Å². The number of hydrogen-bond acceptors (Lipinski definition) is 4. The fourth-order valence-electron chi connectivity index (χ4n) is 2.78. The van der Waals surface area contributed by atoms with Crippen LogP contribution in [0, 0.1) is 13.8 Å². The van der Waals surface area contributed by atoms with Crippen molar-refractivity contribution in [3.63, 3.8) is 0 Å². The highest BCUT2D eigenvalue weighted by atomic mass is 35.5. The Hall–Kier alpha value is -2.99. The molecule has 0 aliphatic rings. The third-order valence-corrected chi connectivity index (χ3v) is 4.37. The zero-order valence-electron chi connectivity index (χ0n) is 15.0. The molecule has 6 nitrogen and oxygen atoms in total. The van der Waals surface area contributed by atoms with Crippen molar-refractivity contribution in [1.82, 2.24) is 4.57 Å². The first-order valence-corrected chi connectivity index (χ1v) is 8.73. The van der Waals surface area contributed by atoms with Gasteiger partial charge in [-0.25, -0.2) is 4.79 Å². The molecule has 7 heteroatoms. The smallest absolute Gasteiger partial charge is 0.340 e. The number of halogens is 1. The van der Waals surface area contributed by atoms with Gasteiger partial charge >= 0.3 is 5.97 Å². The molecule has 2 heterocycles. The second-order valence-electron chi connectivity index (χ2n) is 6.08. The quantitative estimate of drug-likeness (QED) is 0.644. The van der Waals surface area contributed by atoms with E-state index < -0.39 is 11.9 Å². The number of furan rings is 1. The fraction of sp³-hybridized carbons (Fsp3) is 0.200. The van der Waals surface area contributed by atoms with E-state index in [2.05, 4.69) is 5.32 Å². The Morgan fingerprint density at radius 1 is 1.19 bits per heavy atom. The Kier molecular flexibility index (Phi) is 5.66. The molecule has 0 unspecified atom stereocenters. The van der Waals surface area contributed by atoms with Gasteiger partial charge in [0, 0.05) is 22.1 Å². The summed E-state index contributed by atoms with van der Waals surface area (Å²) in [4.78, 5) is 24.4. The average molecular weight is 387 g/mol. The third kappa shape index (κ3) is 4.60. The molecule has 0 saturated heterocycles. The van der Waals surface area contributed by atoms with Crippen LogP contribution in [0.2, 0.25) is 5.02 Å². The number of aromatic nitrogens is 1. The van der Waals surface area contributed by atoms with Crippen LogP contribution in [0.15, 0.2) is 53.1 Å². The van der Waals surface area contributed by atoms with Crippen LogP contribution in [-0.2, 0) is 16.1 Å². The van der Waals surface area contributed by atoms with E-state index in [1.54, 1.807) is 36.6 Å². The van der Waals surface area contributed by atoms with Crippen LogP contribution in [0.1, 0.15) is 27.5 Å². The molecule has 1 aromatic carbocycles. The van der Waals surface area contributed by atoms with Crippen molar-refractivity contribution in [2.75, 3.05) is 11.9 Å². The van der Waals surface area contributed by atoms with Gasteiger partial charge < -0.3 is 19.0 Å². The van der Waals surface area contributed by atoms with E-state index in [4.69, 9.17) is 20.8 Å². The van der Waals surface area contributed by atoms with Crippen molar-refractivity contribution in [1.29, 1.82) is 0 Å². The van der Waals surface area contributed by atoms with Gasteiger partial charge in [0.05, 0.1) is 18.4 Å². The van der Waals surface area contributed by atoms with E-state index in [1.165, 1.54) is 0 Å². The molecule has 0 radical (unpaired) electrons. The molecule has 2 aromatic heterocycles. The maximum Gasteiger partial charge on any atom is 0.340 e. The predicted molar refractivity (Wildman–Crippen MR) is 102 cm³/mol. The van der Waals surface area contributed by atoms with E-state index in [0.717, 1.165) is 17.1 Å². The lowest BCUT2D eigenvalue weighted by Gasteiger charge is -2.09. The van der Waals surface area contributed by atoms with E-state index in [1.807, 2.05) is 30.5 Å². The van der Waals surface area contributed by atoms with Crippen molar-refractivity contribution in [2.24, 2.45) is 0 Å². The molecule has 3 aromatic rings. The molecule has 0 fully saturated rings. The normalized spacial score (nSPS) is 10.6. The number of rotatable bonds is 6. The van der Waals surface area contributed by atoms with Gasteiger partial charge in [-0.3, -0.25) is 4.79 Å². The average Bonchev–Trinajstić information content (AvgIpc) is 3.23. The minimum absolute atomic E-state index is 0.382. The molecule has 27 heavy (non-hydrogen) atoms. The molecular weight excluding hydrogens is 368 g/mol. The number of anilines is 1. The summed E-state index contributed by atoms with van der Waals surface area (Å²) in [5, 5.41) is 3.14. The molecule has 140 valence electrons. The Labute approximate surface area is 161 Å². The summed E-state index contributed by atoms with van der Waals surface area (Å²) in [5.41, 5.74) is 2.62. The van der Waals surface area contributed by atoms with Gasteiger partial charge in [-0.15, -0.1) is 0 Å². The number of amides is 1.